The highest BCUT2D eigenvalue weighted by atomic mass is 16.5. The molecule has 0 bridgehead atoms. The molecule has 8 N–H and O–H groups in total. The van der Waals surface area contributed by atoms with Gasteiger partial charge in [-0.2, -0.15) is 0 Å². The summed E-state index contributed by atoms with van der Waals surface area (Å²) in [6.07, 6.45) is 0. The molecule has 0 radical (unpaired) electrons. The minimum absolute atomic E-state index is 0.00324. The molecule has 19 heteroatoms. The fraction of sp³-hybridized carbons (Fsp3) is 0.200. The fourth-order valence-corrected chi connectivity index (χ4v) is 3.92. The van der Waals surface area contributed by atoms with Crippen LogP contribution in [0.4, 0.5) is 0 Å². The molecule has 0 amide bonds. The van der Waals surface area contributed by atoms with Gasteiger partial charge in [0.25, 0.3) is 0 Å². The SMILES string of the molecule is COc1cc(C(=O)O)cc(OC)c1O.COc1cc(C(=O)O)cc(OC)c1OC.COc1ccc(C(=O)O)cc1OC.O=C(O)c1cc(O)c(O)c(O)c1. The zero-order chi connectivity index (χ0) is 41.3. The Labute approximate surface area is 306 Å². The molecule has 19 nitrogen and oxygen atoms in total. The van der Waals surface area contributed by atoms with Crippen molar-refractivity contribution in [1.82, 2.24) is 0 Å². The van der Waals surface area contributed by atoms with Gasteiger partial charge in [0.1, 0.15) is 0 Å². The van der Waals surface area contributed by atoms with Crippen LogP contribution in [0.2, 0.25) is 0 Å². The van der Waals surface area contributed by atoms with Crippen molar-refractivity contribution in [3.8, 4) is 63.2 Å². The van der Waals surface area contributed by atoms with Crippen molar-refractivity contribution >= 4 is 23.9 Å². The van der Waals surface area contributed by atoms with Crippen LogP contribution in [0.3, 0.4) is 0 Å². The third kappa shape index (κ3) is 12.1. The number of benzene rings is 4. The number of methoxy groups -OCH3 is 7. The lowest BCUT2D eigenvalue weighted by molar-refractivity contribution is 0.0685. The van der Waals surface area contributed by atoms with Crippen molar-refractivity contribution in [3.63, 3.8) is 0 Å². The zero-order valence-corrected chi connectivity index (χ0v) is 29.8. The summed E-state index contributed by atoms with van der Waals surface area (Å²) >= 11 is 0. The van der Waals surface area contributed by atoms with Gasteiger partial charge >= 0.3 is 23.9 Å². The number of phenols is 4. The topological polar surface area (TPSA) is 295 Å². The monoisotopic (exact) mass is 762 g/mol. The van der Waals surface area contributed by atoms with E-state index in [1.807, 2.05) is 0 Å². The van der Waals surface area contributed by atoms with Crippen LogP contribution < -0.4 is 33.2 Å². The van der Waals surface area contributed by atoms with Gasteiger partial charge in [0.15, 0.2) is 51.7 Å². The molecule has 4 rings (SSSR count). The summed E-state index contributed by atoms with van der Waals surface area (Å²) in [5.41, 5.74) is -0.0264. The Hall–Kier alpha value is -7.44. The maximum absolute atomic E-state index is 10.8. The van der Waals surface area contributed by atoms with Gasteiger partial charge in [0, 0.05) is 0 Å². The van der Waals surface area contributed by atoms with Gasteiger partial charge in [-0.05, 0) is 54.6 Å². The molecule has 0 unspecified atom stereocenters. The normalized spacial score (nSPS) is 9.54. The summed E-state index contributed by atoms with van der Waals surface area (Å²) in [7, 11) is 9.95. The Kier molecular flexibility index (Phi) is 17.4. The number of rotatable bonds is 11. The summed E-state index contributed by atoms with van der Waals surface area (Å²) < 4.78 is 34.5. The van der Waals surface area contributed by atoms with Crippen LogP contribution in [0, 0.1) is 0 Å². The Bertz CT molecular complexity index is 1860. The third-order valence-electron chi connectivity index (χ3n) is 6.59. The molecule has 0 aliphatic rings. The molecule has 0 fully saturated rings. The summed E-state index contributed by atoms with van der Waals surface area (Å²) in [5, 5.41) is 70.6. The first-order chi connectivity index (χ1) is 25.4. The minimum Gasteiger partial charge on any atom is -0.504 e. The van der Waals surface area contributed by atoms with Gasteiger partial charge in [-0.3, -0.25) is 0 Å². The Morgan fingerprint density at radius 2 is 0.685 bits per heavy atom. The molecule has 0 heterocycles. The highest BCUT2D eigenvalue weighted by molar-refractivity contribution is 5.91. The van der Waals surface area contributed by atoms with E-state index in [0.29, 0.717) is 28.7 Å². The fourth-order valence-electron chi connectivity index (χ4n) is 3.92. The van der Waals surface area contributed by atoms with E-state index in [2.05, 4.69) is 0 Å². The molecule has 0 atom stereocenters. The molecule has 0 aliphatic heterocycles. The minimum atomic E-state index is -1.29. The number of carboxylic acids is 4. The lowest BCUT2D eigenvalue weighted by Crippen LogP contribution is -2.01. The van der Waals surface area contributed by atoms with Crippen molar-refractivity contribution in [2.45, 2.75) is 0 Å². The summed E-state index contributed by atoms with van der Waals surface area (Å²) in [4.78, 5) is 42.3. The second-order valence-corrected chi connectivity index (χ2v) is 9.80. The highest BCUT2D eigenvalue weighted by Gasteiger charge is 2.17. The van der Waals surface area contributed by atoms with Crippen LogP contribution in [0.25, 0.3) is 0 Å². The van der Waals surface area contributed by atoms with Crippen molar-refractivity contribution in [2.24, 2.45) is 0 Å². The van der Waals surface area contributed by atoms with Crippen LogP contribution in [0.1, 0.15) is 41.4 Å². The quantitative estimate of drug-likeness (QED) is 0.0981. The molecular formula is C35H38O19. The van der Waals surface area contributed by atoms with E-state index >= 15 is 0 Å². The molecule has 0 aromatic heterocycles. The Morgan fingerprint density at radius 1 is 0.370 bits per heavy atom. The van der Waals surface area contributed by atoms with E-state index in [0.717, 1.165) is 12.1 Å². The number of ether oxygens (including phenoxy) is 7. The molecular weight excluding hydrogens is 724 g/mol. The van der Waals surface area contributed by atoms with Gasteiger partial charge in [0.2, 0.25) is 11.5 Å². The van der Waals surface area contributed by atoms with Crippen LogP contribution in [-0.4, -0.2) is 114 Å². The smallest absolute Gasteiger partial charge is 0.335 e. The predicted molar refractivity (Wildman–Crippen MR) is 186 cm³/mol. The van der Waals surface area contributed by atoms with Crippen LogP contribution >= 0.6 is 0 Å². The van der Waals surface area contributed by atoms with Crippen molar-refractivity contribution in [3.05, 3.63) is 76.9 Å². The van der Waals surface area contributed by atoms with Gasteiger partial charge in [-0.15, -0.1) is 0 Å². The first-order valence-electron chi connectivity index (χ1n) is 14.6. The standard InChI is InChI=1S/C10H12O5.C9H10O5.C9H10O4.C7H6O5/c1-13-7-4-6(10(11)12)5-8(14-2)9(7)15-3;1-13-6-3-5(9(11)12)4-7(14-2)8(6)10;1-12-7-4-3-6(9(10)11)5-8(7)13-2;8-4-1-3(7(11)12)2-5(9)6(4)10/h4-5H,1-3H3,(H,11,12);3-4,10H,1-2H3,(H,11,12);3-5H,1-2H3,(H,10,11);1-2,8-10H,(H,11,12). The number of aromatic hydroxyl groups is 4. The molecule has 292 valence electrons. The molecule has 0 saturated carbocycles. The summed E-state index contributed by atoms with van der Waals surface area (Å²) in [6.45, 7) is 0. The number of hydrogen-bond donors (Lipinski definition) is 8. The van der Waals surface area contributed by atoms with Crippen molar-refractivity contribution in [1.29, 1.82) is 0 Å². The Morgan fingerprint density at radius 3 is 1.00 bits per heavy atom. The highest BCUT2D eigenvalue weighted by Crippen LogP contribution is 2.39. The molecule has 0 aliphatic carbocycles. The zero-order valence-electron chi connectivity index (χ0n) is 29.8. The average molecular weight is 763 g/mol. The van der Waals surface area contributed by atoms with Gasteiger partial charge < -0.3 is 74.0 Å². The maximum Gasteiger partial charge on any atom is 0.335 e. The van der Waals surface area contributed by atoms with E-state index in [1.54, 1.807) is 6.07 Å². The van der Waals surface area contributed by atoms with Gasteiger partial charge in [0.05, 0.1) is 72.0 Å². The lowest BCUT2D eigenvalue weighted by Gasteiger charge is -2.12. The van der Waals surface area contributed by atoms with Crippen molar-refractivity contribution in [2.75, 3.05) is 49.8 Å². The van der Waals surface area contributed by atoms with Gasteiger partial charge in [-0.1, -0.05) is 0 Å². The van der Waals surface area contributed by atoms with Gasteiger partial charge in [-0.25, -0.2) is 19.2 Å². The van der Waals surface area contributed by atoms with Crippen LogP contribution in [0.5, 0.6) is 63.2 Å². The maximum atomic E-state index is 10.8. The van der Waals surface area contributed by atoms with E-state index in [9.17, 15) is 24.3 Å². The van der Waals surface area contributed by atoms with E-state index < -0.39 is 41.1 Å². The number of aromatic carboxylic acids is 4. The Balaban J connectivity index is 0.000000361. The average Bonchev–Trinajstić information content (AvgIpc) is 3.16. The number of phenolic OH excluding ortho intramolecular Hbond substituents is 4. The number of carbonyl (C=O) groups is 4. The van der Waals surface area contributed by atoms with Crippen LogP contribution in [-0.2, 0) is 0 Å². The van der Waals surface area contributed by atoms with E-state index in [4.69, 9.17) is 68.9 Å². The lowest BCUT2D eigenvalue weighted by atomic mass is 10.2. The largest absolute Gasteiger partial charge is 0.504 e. The van der Waals surface area contributed by atoms with E-state index in [1.165, 1.54) is 86.2 Å². The summed E-state index contributed by atoms with van der Waals surface area (Å²) in [6, 6.07) is 11.3. The van der Waals surface area contributed by atoms with Crippen LogP contribution in [0.15, 0.2) is 54.6 Å². The summed E-state index contributed by atoms with van der Waals surface area (Å²) in [5.74, 6) is -4.57. The molecule has 54 heavy (non-hydrogen) atoms. The molecule has 0 saturated heterocycles. The van der Waals surface area contributed by atoms with E-state index in [-0.39, 0.29) is 39.5 Å². The van der Waals surface area contributed by atoms with Crippen molar-refractivity contribution < 1.29 is 93.2 Å². The number of carboxylic acid groups (broad SMARTS) is 4. The predicted octanol–water partition coefficient (Wildman–Crippen LogP) is 4.42. The second kappa shape index (κ2) is 21.0. The molecule has 4 aromatic carbocycles. The second-order valence-electron chi connectivity index (χ2n) is 9.80. The molecule has 4 aromatic rings. The first kappa shape index (κ1) is 44.6. The third-order valence-corrected chi connectivity index (χ3v) is 6.59. The first-order valence-corrected chi connectivity index (χ1v) is 14.6. The number of hydrogen-bond acceptors (Lipinski definition) is 15. The molecule has 0 spiro atoms.